The maximum absolute atomic E-state index is 11.7. The zero-order valence-electron chi connectivity index (χ0n) is 10.6. The molecule has 6 nitrogen and oxygen atoms in total. The first-order chi connectivity index (χ1) is 8.53. The van der Waals surface area contributed by atoms with Crippen LogP contribution in [0.25, 0.3) is 0 Å². The maximum Gasteiger partial charge on any atom is 0.409 e. The predicted molar refractivity (Wildman–Crippen MR) is 66.6 cm³/mol. The smallest absolute Gasteiger partial charge is 0.409 e. The molecule has 1 N–H and O–H groups in total. The highest BCUT2D eigenvalue weighted by Gasteiger charge is 2.36. The lowest BCUT2D eigenvalue weighted by Crippen LogP contribution is -2.41. The standard InChI is InChI=1S/C11H20N2O4S/c1-17-11(14)13-6-4-9(5-7-13)8-12-18(15,16)10-2-3-10/h9-10,12H,2-8H2,1H3. The summed E-state index contributed by atoms with van der Waals surface area (Å²) in [5, 5.41) is -0.160. The van der Waals surface area contributed by atoms with E-state index in [-0.39, 0.29) is 11.3 Å². The molecule has 1 amide bonds. The average Bonchev–Trinajstić information content (AvgIpc) is 3.21. The van der Waals surface area contributed by atoms with Crippen molar-refractivity contribution in [2.45, 2.75) is 30.9 Å². The van der Waals surface area contributed by atoms with Crippen LogP contribution in [-0.2, 0) is 14.8 Å². The molecule has 104 valence electrons. The number of likely N-dealkylation sites (tertiary alicyclic amines) is 1. The van der Waals surface area contributed by atoms with Crippen molar-refractivity contribution in [3.63, 3.8) is 0 Å². The van der Waals surface area contributed by atoms with E-state index in [9.17, 15) is 13.2 Å². The third-order valence-electron chi connectivity index (χ3n) is 3.58. The molecule has 0 aromatic rings. The summed E-state index contributed by atoms with van der Waals surface area (Å²) in [4.78, 5) is 12.9. The van der Waals surface area contributed by atoms with Crippen LogP contribution in [0.2, 0.25) is 0 Å². The van der Waals surface area contributed by atoms with Gasteiger partial charge in [0, 0.05) is 19.6 Å². The second-order valence-electron chi connectivity index (χ2n) is 4.99. The Kier molecular flexibility index (Phi) is 4.11. The van der Waals surface area contributed by atoms with Crippen molar-refractivity contribution < 1.29 is 17.9 Å². The molecular formula is C11H20N2O4S. The van der Waals surface area contributed by atoms with Gasteiger partial charge in [0.15, 0.2) is 0 Å². The molecule has 0 bridgehead atoms. The Bertz CT molecular complexity index is 397. The number of piperidine rings is 1. The van der Waals surface area contributed by atoms with Crippen LogP contribution in [0, 0.1) is 5.92 Å². The molecule has 2 rings (SSSR count). The number of amides is 1. The summed E-state index contributed by atoms with van der Waals surface area (Å²) < 4.78 is 30.7. The second kappa shape index (κ2) is 5.44. The molecule has 2 fully saturated rings. The fourth-order valence-corrected chi connectivity index (χ4v) is 3.64. The molecule has 0 atom stereocenters. The molecule has 0 aromatic heterocycles. The van der Waals surface area contributed by atoms with E-state index in [4.69, 9.17) is 0 Å². The van der Waals surface area contributed by atoms with Gasteiger partial charge in [-0.05, 0) is 31.6 Å². The minimum atomic E-state index is -3.08. The van der Waals surface area contributed by atoms with Crippen LogP contribution in [0.5, 0.6) is 0 Å². The molecule has 2 aliphatic rings. The van der Waals surface area contributed by atoms with Gasteiger partial charge in [0.25, 0.3) is 0 Å². The fourth-order valence-electron chi connectivity index (χ4n) is 2.18. The van der Waals surface area contributed by atoms with Gasteiger partial charge in [0.2, 0.25) is 10.0 Å². The quantitative estimate of drug-likeness (QED) is 0.813. The van der Waals surface area contributed by atoms with Gasteiger partial charge < -0.3 is 9.64 Å². The third-order valence-corrected chi connectivity index (χ3v) is 5.50. The highest BCUT2D eigenvalue weighted by Crippen LogP contribution is 2.27. The van der Waals surface area contributed by atoms with Crippen LogP contribution >= 0.6 is 0 Å². The first kappa shape index (κ1) is 13.6. The summed E-state index contributed by atoms with van der Waals surface area (Å²) in [6, 6.07) is 0. The van der Waals surface area contributed by atoms with E-state index in [1.54, 1.807) is 4.90 Å². The van der Waals surface area contributed by atoms with Crippen LogP contribution in [0.15, 0.2) is 0 Å². The van der Waals surface area contributed by atoms with E-state index >= 15 is 0 Å². The van der Waals surface area contributed by atoms with Gasteiger partial charge in [0.05, 0.1) is 12.4 Å². The number of nitrogens with one attached hydrogen (secondary N) is 1. The average molecular weight is 276 g/mol. The Hall–Kier alpha value is -0.820. The summed E-state index contributed by atoms with van der Waals surface area (Å²) in [5.74, 6) is 0.319. The highest BCUT2D eigenvalue weighted by atomic mass is 32.2. The van der Waals surface area contributed by atoms with Crippen molar-refractivity contribution in [3.8, 4) is 0 Å². The summed E-state index contributed by atoms with van der Waals surface area (Å²) >= 11 is 0. The van der Waals surface area contributed by atoms with Crippen LogP contribution in [0.3, 0.4) is 0 Å². The number of nitrogens with zero attached hydrogens (tertiary/aromatic N) is 1. The zero-order valence-corrected chi connectivity index (χ0v) is 11.4. The second-order valence-corrected chi connectivity index (χ2v) is 7.04. The molecule has 1 aliphatic heterocycles. The van der Waals surface area contributed by atoms with E-state index in [1.807, 2.05) is 0 Å². The van der Waals surface area contributed by atoms with E-state index in [2.05, 4.69) is 9.46 Å². The number of methoxy groups -OCH3 is 1. The number of carbonyl (C=O) groups is 1. The Morgan fingerprint density at radius 2 is 1.89 bits per heavy atom. The largest absolute Gasteiger partial charge is 0.453 e. The van der Waals surface area contributed by atoms with Crippen LogP contribution in [0.1, 0.15) is 25.7 Å². The van der Waals surface area contributed by atoms with Gasteiger partial charge in [-0.3, -0.25) is 0 Å². The topological polar surface area (TPSA) is 75.7 Å². The molecular weight excluding hydrogens is 256 g/mol. The van der Waals surface area contributed by atoms with Gasteiger partial charge in [0.1, 0.15) is 0 Å². The molecule has 7 heteroatoms. The van der Waals surface area contributed by atoms with E-state index < -0.39 is 10.0 Å². The number of hydrogen-bond acceptors (Lipinski definition) is 4. The minimum Gasteiger partial charge on any atom is -0.453 e. The number of rotatable bonds is 4. The summed E-state index contributed by atoms with van der Waals surface area (Å²) in [7, 11) is -1.70. The Balaban J connectivity index is 1.72. The maximum atomic E-state index is 11.7. The summed E-state index contributed by atoms with van der Waals surface area (Å²) in [6.45, 7) is 1.78. The first-order valence-electron chi connectivity index (χ1n) is 6.34. The normalized spacial score (nSPS) is 21.9. The molecule has 18 heavy (non-hydrogen) atoms. The van der Waals surface area contributed by atoms with Crippen molar-refractivity contribution in [1.29, 1.82) is 0 Å². The molecule has 0 aromatic carbocycles. The number of sulfonamides is 1. The summed E-state index contributed by atoms with van der Waals surface area (Å²) in [6.07, 6.45) is 2.92. The highest BCUT2D eigenvalue weighted by molar-refractivity contribution is 7.90. The molecule has 1 aliphatic carbocycles. The van der Waals surface area contributed by atoms with Crippen molar-refractivity contribution in [1.82, 2.24) is 9.62 Å². The monoisotopic (exact) mass is 276 g/mol. The van der Waals surface area contributed by atoms with Crippen LogP contribution in [-0.4, -0.2) is 51.4 Å². The van der Waals surface area contributed by atoms with Crippen molar-refractivity contribution in [2.75, 3.05) is 26.7 Å². The number of ether oxygens (including phenoxy) is 1. The zero-order chi connectivity index (χ0) is 13.2. The fraction of sp³-hybridized carbons (Fsp3) is 0.909. The van der Waals surface area contributed by atoms with Crippen molar-refractivity contribution >= 4 is 16.1 Å². The van der Waals surface area contributed by atoms with Crippen LogP contribution in [0.4, 0.5) is 4.79 Å². The van der Waals surface area contributed by atoms with Gasteiger partial charge in [-0.15, -0.1) is 0 Å². The van der Waals surface area contributed by atoms with Crippen molar-refractivity contribution in [2.24, 2.45) is 5.92 Å². The number of hydrogen-bond donors (Lipinski definition) is 1. The predicted octanol–water partition coefficient (Wildman–Crippen LogP) is 0.547. The van der Waals surface area contributed by atoms with Gasteiger partial charge in [-0.1, -0.05) is 0 Å². The van der Waals surface area contributed by atoms with Gasteiger partial charge >= 0.3 is 6.09 Å². The Labute approximate surface area is 108 Å². The molecule has 0 spiro atoms. The Morgan fingerprint density at radius 1 is 1.28 bits per heavy atom. The molecule has 1 saturated heterocycles. The SMILES string of the molecule is COC(=O)N1CCC(CNS(=O)(=O)C2CC2)CC1. The van der Waals surface area contributed by atoms with Gasteiger partial charge in [-0.2, -0.15) is 0 Å². The molecule has 1 heterocycles. The lowest BCUT2D eigenvalue weighted by Gasteiger charge is -2.30. The van der Waals surface area contributed by atoms with Crippen molar-refractivity contribution in [3.05, 3.63) is 0 Å². The van der Waals surface area contributed by atoms with E-state index in [1.165, 1.54) is 7.11 Å². The molecule has 0 unspecified atom stereocenters. The first-order valence-corrected chi connectivity index (χ1v) is 7.89. The minimum absolute atomic E-state index is 0.160. The third kappa shape index (κ3) is 3.35. The Morgan fingerprint density at radius 3 is 2.39 bits per heavy atom. The molecule has 1 saturated carbocycles. The van der Waals surface area contributed by atoms with E-state index in [0.717, 1.165) is 25.7 Å². The van der Waals surface area contributed by atoms with Crippen LogP contribution < -0.4 is 4.72 Å². The van der Waals surface area contributed by atoms with Gasteiger partial charge in [-0.25, -0.2) is 17.9 Å². The lowest BCUT2D eigenvalue weighted by atomic mass is 9.97. The lowest BCUT2D eigenvalue weighted by molar-refractivity contribution is 0.106. The molecule has 0 radical (unpaired) electrons. The van der Waals surface area contributed by atoms with E-state index in [0.29, 0.717) is 25.6 Å². The summed E-state index contributed by atoms with van der Waals surface area (Å²) in [5.41, 5.74) is 0. The number of carbonyl (C=O) groups excluding carboxylic acids is 1.